The van der Waals surface area contributed by atoms with E-state index in [2.05, 4.69) is 4.98 Å². The first-order valence-electron chi connectivity index (χ1n) is 5.13. The number of oxazole rings is 1. The van der Waals surface area contributed by atoms with E-state index < -0.39 is 0 Å². The first-order valence-corrected chi connectivity index (χ1v) is 5.13. The topological polar surface area (TPSA) is 61.3 Å². The zero-order chi connectivity index (χ0) is 9.80. The Labute approximate surface area is 83.4 Å². The molecule has 1 atom stereocenters. The minimum absolute atomic E-state index is 0.294. The van der Waals surface area contributed by atoms with E-state index in [1.54, 1.807) is 0 Å². The number of rotatable bonds is 3. The lowest BCUT2D eigenvalue weighted by Crippen LogP contribution is -2.21. The van der Waals surface area contributed by atoms with Crippen LogP contribution < -0.4 is 5.73 Å². The van der Waals surface area contributed by atoms with Crippen LogP contribution in [0.1, 0.15) is 30.7 Å². The molecule has 4 heteroatoms. The smallest absolute Gasteiger partial charge is 0.181 e. The Kier molecular flexibility index (Phi) is 3.16. The maximum Gasteiger partial charge on any atom is 0.181 e. The molecule has 0 aromatic carbocycles. The number of hydrogen-bond donors (Lipinski definition) is 1. The second-order valence-corrected chi connectivity index (χ2v) is 3.62. The van der Waals surface area contributed by atoms with E-state index in [1.165, 1.54) is 19.2 Å². The van der Waals surface area contributed by atoms with Gasteiger partial charge in [-0.2, -0.15) is 0 Å². The summed E-state index contributed by atoms with van der Waals surface area (Å²) in [5.74, 6) is 0.888. The predicted octanol–water partition coefficient (Wildman–Crippen LogP) is 1.24. The number of nitrogens with two attached hydrogens (primary N) is 1. The van der Waals surface area contributed by atoms with Gasteiger partial charge in [0, 0.05) is 19.6 Å². The van der Waals surface area contributed by atoms with E-state index >= 15 is 0 Å². The predicted molar refractivity (Wildman–Crippen MR) is 51.7 cm³/mol. The summed E-state index contributed by atoms with van der Waals surface area (Å²) in [4.78, 5) is 4.05. The normalized spacial score (nSPS) is 22.5. The van der Waals surface area contributed by atoms with Gasteiger partial charge in [0.05, 0.1) is 11.8 Å². The second kappa shape index (κ2) is 4.57. The molecular formula is C10H16N2O2. The minimum Gasteiger partial charge on any atom is -0.448 e. The molecule has 1 aromatic heterocycles. The molecule has 1 aliphatic heterocycles. The van der Waals surface area contributed by atoms with Gasteiger partial charge in [0.1, 0.15) is 5.76 Å². The molecule has 1 saturated heterocycles. The maximum atomic E-state index is 5.62. The fourth-order valence-electron chi connectivity index (χ4n) is 1.80. The zero-order valence-electron chi connectivity index (χ0n) is 8.24. The highest BCUT2D eigenvalue weighted by molar-refractivity contribution is 5.07. The van der Waals surface area contributed by atoms with E-state index in [0.717, 1.165) is 30.9 Å². The Morgan fingerprint density at radius 1 is 1.50 bits per heavy atom. The SMILES string of the molecule is NCc1ncoc1CC1CCCCO1. The van der Waals surface area contributed by atoms with Crippen LogP contribution in [-0.4, -0.2) is 17.7 Å². The van der Waals surface area contributed by atoms with Crippen LogP contribution in [0, 0.1) is 0 Å². The van der Waals surface area contributed by atoms with Gasteiger partial charge in [-0.1, -0.05) is 0 Å². The molecule has 0 radical (unpaired) electrons. The van der Waals surface area contributed by atoms with Gasteiger partial charge in [0.25, 0.3) is 0 Å². The Morgan fingerprint density at radius 2 is 2.43 bits per heavy atom. The monoisotopic (exact) mass is 196 g/mol. The molecule has 78 valence electrons. The summed E-state index contributed by atoms with van der Waals surface area (Å²) in [5, 5.41) is 0. The van der Waals surface area contributed by atoms with E-state index in [9.17, 15) is 0 Å². The molecule has 14 heavy (non-hydrogen) atoms. The van der Waals surface area contributed by atoms with Crippen LogP contribution in [0.5, 0.6) is 0 Å². The zero-order valence-corrected chi connectivity index (χ0v) is 8.24. The van der Waals surface area contributed by atoms with Gasteiger partial charge in [-0.3, -0.25) is 0 Å². The molecule has 4 nitrogen and oxygen atoms in total. The highest BCUT2D eigenvalue weighted by Gasteiger charge is 2.18. The second-order valence-electron chi connectivity index (χ2n) is 3.62. The average molecular weight is 196 g/mol. The van der Waals surface area contributed by atoms with E-state index in [0.29, 0.717) is 12.6 Å². The van der Waals surface area contributed by atoms with Crippen molar-refractivity contribution in [3.05, 3.63) is 17.8 Å². The van der Waals surface area contributed by atoms with E-state index in [1.807, 2.05) is 0 Å². The van der Waals surface area contributed by atoms with Gasteiger partial charge in [0.15, 0.2) is 6.39 Å². The van der Waals surface area contributed by atoms with E-state index in [4.69, 9.17) is 14.9 Å². The summed E-state index contributed by atoms with van der Waals surface area (Å²) >= 11 is 0. The van der Waals surface area contributed by atoms with Gasteiger partial charge in [-0.25, -0.2) is 4.98 Å². The lowest BCUT2D eigenvalue weighted by Gasteiger charge is -2.21. The van der Waals surface area contributed by atoms with Gasteiger partial charge < -0.3 is 14.9 Å². The lowest BCUT2D eigenvalue weighted by atomic mass is 10.0. The third kappa shape index (κ3) is 2.13. The molecule has 1 aromatic rings. The molecule has 0 bridgehead atoms. The van der Waals surface area contributed by atoms with Crippen molar-refractivity contribution < 1.29 is 9.15 Å². The van der Waals surface area contributed by atoms with Crippen molar-refractivity contribution in [1.82, 2.24) is 4.98 Å². The number of aromatic nitrogens is 1. The Balaban J connectivity index is 1.95. The quantitative estimate of drug-likeness (QED) is 0.790. The summed E-state index contributed by atoms with van der Waals surface area (Å²) in [6, 6.07) is 0. The van der Waals surface area contributed by atoms with Crippen LogP contribution >= 0.6 is 0 Å². The summed E-state index contributed by atoms with van der Waals surface area (Å²) < 4.78 is 10.9. The van der Waals surface area contributed by atoms with E-state index in [-0.39, 0.29) is 0 Å². The van der Waals surface area contributed by atoms with Crippen LogP contribution in [0.3, 0.4) is 0 Å². The highest BCUT2D eigenvalue weighted by Crippen LogP contribution is 2.18. The van der Waals surface area contributed by atoms with Gasteiger partial charge in [-0.05, 0) is 19.3 Å². The Morgan fingerprint density at radius 3 is 3.14 bits per heavy atom. The average Bonchev–Trinajstić information content (AvgIpc) is 2.67. The van der Waals surface area contributed by atoms with Crippen LogP contribution in [0.25, 0.3) is 0 Å². The fourth-order valence-corrected chi connectivity index (χ4v) is 1.80. The third-order valence-electron chi connectivity index (χ3n) is 2.61. The number of hydrogen-bond acceptors (Lipinski definition) is 4. The van der Waals surface area contributed by atoms with Crippen molar-refractivity contribution in [2.75, 3.05) is 6.61 Å². The molecule has 0 aliphatic carbocycles. The Bertz CT molecular complexity index is 279. The maximum absolute atomic E-state index is 5.62. The van der Waals surface area contributed by atoms with Crippen molar-refractivity contribution in [3.63, 3.8) is 0 Å². The minimum atomic E-state index is 0.294. The van der Waals surface area contributed by atoms with Crippen LogP contribution in [0.15, 0.2) is 10.8 Å². The highest BCUT2D eigenvalue weighted by atomic mass is 16.5. The molecule has 2 rings (SSSR count). The van der Waals surface area contributed by atoms with Crippen molar-refractivity contribution in [3.8, 4) is 0 Å². The van der Waals surface area contributed by atoms with Crippen LogP contribution in [0.2, 0.25) is 0 Å². The summed E-state index contributed by atoms with van der Waals surface area (Å²) in [7, 11) is 0. The molecule has 2 N–H and O–H groups in total. The first-order chi connectivity index (χ1) is 6.90. The molecule has 1 aliphatic rings. The molecule has 2 heterocycles. The van der Waals surface area contributed by atoms with Crippen molar-refractivity contribution in [1.29, 1.82) is 0 Å². The molecule has 1 unspecified atom stereocenters. The van der Waals surface area contributed by atoms with Crippen molar-refractivity contribution in [2.45, 2.75) is 38.3 Å². The van der Waals surface area contributed by atoms with Crippen molar-refractivity contribution in [2.24, 2.45) is 5.73 Å². The molecule has 0 spiro atoms. The van der Waals surface area contributed by atoms with Crippen LogP contribution in [0.4, 0.5) is 0 Å². The van der Waals surface area contributed by atoms with Gasteiger partial charge >= 0.3 is 0 Å². The van der Waals surface area contributed by atoms with Gasteiger partial charge in [-0.15, -0.1) is 0 Å². The molecular weight excluding hydrogens is 180 g/mol. The summed E-state index contributed by atoms with van der Waals surface area (Å²) in [6.07, 6.45) is 6.10. The first kappa shape index (κ1) is 9.68. The summed E-state index contributed by atoms with van der Waals surface area (Å²) in [6.45, 7) is 1.31. The molecule has 0 amide bonds. The third-order valence-corrected chi connectivity index (χ3v) is 2.61. The fraction of sp³-hybridized carbons (Fsp3) is 0.700. The largest absolute Gasteiger partial charge is 0.448 e. The lowest BCUT2D eigenvalue weighted by molar-refractivity contribution is 0.0138. The Hall–Kier alpha value is -0.870. The molecule has 0 saturated carbocycles. The standard InChI is InChI=1S/C10H16N2O2/c11-6-9-10(14-7-12-9)5-8-3-1-2-4-13-8/h7-8H,1-6,11H2. The van der Waals surface area contributed by atoms with Gasteiger partial charge in [0.2, 0.25) is 0 Å². The molecule has 1 fully saturated rings. The number of ether oxygens (including phenoxy) is 1. The van der Waals surface area contributed by atoms with Crippen LogP contribution in [-0.2, 0) is 17.7 Å². The summed E-state index contributed by atoms with van der Waals surface area (Å²) in [5.41, 5.74) is 6.40. The van der Waals surface area contributed by atoms with Crippen molar-refractivity contribution >= 4 is 0 Å². The number of nitrogens with zero attached hydrogens (tertiary/aromatic N) is 1.